The Morgan fingerprint density at radius 3 is 2.57 bits per heavy atom. The third-order valence-corrected chi connectivity index (χ3v) is 3.92. The summed E-state index contributed by atoms with van der Waals surface area (Å²) in [4.78, 5) is 7.33. The van der Waals surface area contributed by atoms with E-state index in [-0.39, 0.29) is 26.2 Å². The molecule has 0 aromatic carbocycles. The van der Waals surface area contributed by atoms with E-state index in [0.717, 1.165) is 11.3 Å². The van der Waals surface area contributed by atoms with Gasteiger partial charge in [-0.1, -0.05) is 6.07 Å². The van der Waals surface area contributed by atoms with Crippen molar-refractivity contribution in [3.05, 3.63) is 23.4 Å². The number of piperazine rings is 1. The number of halogens is 3. The third-order valence-electron chi connectivity index (χ3n) is 3.92. The molecular formula is C14H20F3N3O. The van der Waals surface area contributed by atoms with Gasteiger partial charge in [0.05, 0.1) is 6.61 Å². The molecule has 1 aliphatic heterocycles. The number of aryl methyl sites for hydroxylation is 2. The third kappa shape index (κ3) is 3.65. The van der Waals surface area contributed by atoms with Crippen LogP contribution in [0.2, 0.25) is 0 Å². The summed E-state index contributed by atoms with van der Waals surface area (Å²) in [6.07, 6.45) is -4.31. The van der Waals surface area contributed by atoms with Crippen molar-refractivity contribution in [2.45, 2.75) is 26.1 Å². The second kappa shape index (κ2) is 6.19. The van der Waals surface area contributed by atoms with Crippen LogP contribution in [0, 0.1) is 13.8 Å². The van der Waals surface area contributed by atoms with Crippen LogP contribution in [0.4, 0.5) is 19.0 Å². The molecule has 2 rings (SSSR count). The van der Waals surface area contributed by atoms with E-state index in [1.807, 2.05) is 19.9 Å². The van der Waals surface area contributed by atoms with Crippen LogP contribution in [0.1, 0.15) is 11.3 Å². The summed E-state index contributed by atoms with van der Waals surface area (Å²) in [6.45, 7) is 4.12. The summed E-state index contributed by atoms with van der Waals surface area (Å²) >= 11 is 0. The zero-order chi connectivity index (χ0) is 15.6. The summed E-state index contributed by atoms with van der Waals surface area (Å²) in [5.74, 6) is 0.580. The van der Waals surface area contributed by atoms with Crippen molar-refractivity contribution in [1.82, 2.24) is 9.88 Å². The maximum Gasteiger partial charge on any atom is 0.405 e. The zero-order valence-electron chi connectivity index (χ0n) is 12.2. The van der Waals surface area contributed by atoms with E-state index >= 15 is 0 Å². The summed E-state index contributed by atoms with van der Waals surface area (Å²) < 4.78 is 39.5. The van der Waals surface area contributed by atoms with Crippen molar-refractivity contribution in [3.63, 3.8) is 0 Å². The van der Waals surface area contributed by atoms with E-state index in [2.05, 4.69) is 4.98 Å². The summed E-state index contributed by atoms with van der Waals surface area (Å²) in [7, 11) is 0. The van der Waals surface area contributed by atoms with E-state index < -0.39 is 12.2 Å². The highest BCUT2D eigenvalue weighted by molar-refractivity contribution is 5.42. The van der Waals surface area contributed by atoms with Crippen LogP contribution in [0.3, 0.4) is 0 Å². The molecule has 1 N–H and O–H groups in total. The molecule has 118 valence electrons. The van der Waals surface area contributed by atoms with Gasteiger partial charge in [0.2, 0.25) is 0 Å². The average molecular weight is 303 g/mol. The van der Waals surface area contributed by atoms with Crippen molar-refractivity contribution in [2.75, 3.05) is 37.7 Å². The molecule has 1 aromatic rings. The van der Waals surface area contributed by atoms with Gasteiger partial charge < -0.3 is 10.0 Å². The fourth-order valence-electron chi connectivity index (χ4n) is 2.53. The number of β-amino-alcohol motifs (C(OH)–C–C–N with tert-alkyl or cyclic N) is 1. The van der Waals surface area contributed by atoms with Gasteiger partial charge in [0, 0.05) is 31.9 Å². The molecule has 21 heavy (non-hydrogen) atoms. The maximum absolute atomic E-state index is 13.2. The first-order chi connectivity index (χ1) is 9.82. The van der Waals surface area contributed by atoms with Crippen LogP contribution in [0.25, 0.3) is 0 Å². The molecule has 1 atom stereocenters. The van der Waals surface area contributed by atoms with Gasteiger partial charge >= 0.3 is 6.18 Å². The van der Waals surface area contributed by atoms with Gasteiger partial charge in [0.15, 0.2) is 0 Å². The van der Waals surface area contributed by atoms with E-state index in [1.165, 1.54) is 4.90 Å². The van der Waals surface area contributed by atoms with Gasteiger partial charge in [0.25, 0.3) is 0 Å². The lowest BCUT2D eigenvalue weighted by atomic mass is 10.1. The lowest BCUT2D eigenvalue weighted by molar-refractivity contribution is -0.185. The summed E-state index contributed by atoms with van der Waals surface area (Å²) in [5, 5.41) is 8.92. The Balaban J connectivity index is 2.18. The van der Waals surface area contributed by atoms with Crippen molar-refractivity contribution in [1.29, 1.82) is 0 Å². The van der Waals surface area contributed by atoms with Crippen molar-refractivity contribution >= 4 is 5.82 Å². The molecule has 0 spiro atoms. The minimum absolute atomic E-state index is 0.0401. The van der Waals surface area contributed by atoms with E-state index in [9.17, 15) is 13.2 Å². The number of rotatable bonds is 3. The molecule has 1 fully saturated rings. The molecule has 2 heterocycles. The predicted octanol–water partition coefficient (Wildman–Crippen LogP) is 1.74. The van der Waals surface area contributed by atoms with Crippen molar-refractivity contribution < 1.29 is 18.3 Å². The molecule has 7 heteroatoms. The quantitative estimate of drug-likeness (QED) is 0.923. The highest BCUT2D eigenvalue weighted by atomic mass is 19.4. The molecule has 0 radical (unpaired) electrons. The molecule has 0 bridgehead atoms. The monoisotopic (exact) mass is 303 g/mol. The fourth-order valence-corrected chi connectivity index (χ4v) is 2.53. The number of alkyl halides is 3. The highest BCUT2D eigenvalue weighted by Crippen LogP contribution is 2.29. The van der Waals surface area contributed by atoms with Gasteiger partial charge in [-0.05, 0) is 25.5 Å². The first-order valence-electron chi connectivity index (χ1n) is 6.93. The van der Waals surface area contributed by atoms with Gasteiger partial charge in [0.1, 0.15) is 11.9 Å². The molecule has 1 saturated heterocycles. The number of aliphatic hydroxyl groups is 1. The summed E-state index contributed by atoms with van der Waals surface area (Å²) in [5.41, 5.74) is 1.85. The standard InChI is InChI=1S/C14H20F3N3O/c1-10-3-4-13(18-11(10)2)20-6-5-19(7-8-21)12(9-20)14(15,16)17/h3-4,12,21H,5-9H2,1-2H3. The lowest BCUT2D eigenvalue weighted by Crippen LogP contribution is -2.59. The first-order valence-corrected chi connectivity index (χ1v) is 6.93. The molecule has 4 nitrogen and oxygen atoms in total. The minimum atomic E-state index is -4.31. The topological polar surface area (TPSA) is 39.6 Å². The Morgan fingerprint density at radius 1 is 1.29 bits per heavy atom. The number of nitrogens with zero attached hydrogens (tertiary/aromatic N) is 3. The molecule has 0 saturated carbocycles. The lowest BCUT2D eigenvalue weighted by Gasteiger charge is -2.42. The smallest absolute Gasteiger partial charge is 0.395 e. The Bertz CT molecular complexity index is 493. The van der Waals surface area contributed by atoms with Gasteiger partial charge in [-0.15, -0.1) is 0 Å². The number of pyridine rings is 1. The molecule has 1 aliphatic rings. The fraction of sp³-hybridized carbons (Fsp3) is 0.643. The van der Waals surface area contributed by atoms with E-state index in [1.54, 1.807) is 11.0 Å². The maximum atomic E-state index is 13.2. The van der Waals surface area contributed by atoms with Crippen molar-refractivity contribution in [3.8, 4) is 0 Å². The molecule has 1 unspecified atom stereocenters. The van der Waals surface area contributed by atoms with Crippen LogP contribution in [-0.2, 0) is 0 Å². The van der Waals surface area contributed by atoms with Crippen LogP contribution in [0.5, 0.6) is 0 Å². The van der Waals surface area contributed by atoms with Crippen LogP contribution in [0.15, 0.2) is 12.1 Å². The largest absolute Gasteiger partial charge is 0.405 e. The summed E-state index contributed by atoms with van der Waals surface area (Å²) in [6, 6.07) is 2.07. The van der Waals surface area contributed by atoms with Crippen LogP contribution >= 0.6 is 0 Å². The Hall–Kier alpha value is -1.34. The van der Waals surface area contributed by atoms with Crippen LogP contribution < -0.4 is 4.90 Å². The second-order valence-corrected chi connectivity index (χ2v) is 5.33. The van der Waals surface area contributed by atoms with E-state index in [0.29, 0.717) is 12.4 Å². The normalized spacial score (nSPS) is 20.9. The van der Waals surface area contributed by atoms with Gasteiger partial charge in [-0.2, -0.15) is 13.2 Å². The predicted molar refractivity (Wildman–Crippen MR) is 74.4 cm³/mol. The number of aromatic nitrogens is 1. The number of hydrogen-bond donors (Lipinski definition) is 1. The molecule has 0 amide bonds. The first kappa shape index (κ1) is 16.0. The SMILES string of the molecule is Cc1ccc(N2CCN(CCO)C(C(F)(F)F)C2)nc1C. The average Bonchev–Trinajstić information content (AvgIpc) is 2.41. The Labute approximate surface area is 122 Å². The van der Waals surface area contributed by atoms with E-state index in [4.69, 9.17) is 5.11 Å². The minimum Gasteiger partial charge on any atom is -0.395 e. The molecular weight excluding hydrogens is 283 g/mol. The van der Waals surface area contributed by atoms with Crippen LogP contribution in [-0.4, -0.2) is 60.0 Å². The van der Waals surface area contributed by atoms with Gasteiger partial charge in [-0.3, -0.25) is 4.90 Å². The zero-order valence-corrected chi connectivity index (χ0v) is 12.2. The van der Waals surface area contributed by atoms with Crippen molar-refractivity contribution in [2.24, 2.45) is 0 Å². The number of hydrogen-bond acceptors (Lipinski definition) is 4. The number of anilines is 1. The Kier molecular flexibility index (Phi) is 4.73. The highest BCUT2D eigenvalue weighted by Gasteiger charge is 2.46. The Morgan fingerprint density at radius 2 is 2.00 bits per heavy atom. The molecule has 1 aromatic heterocycles. The second-order valence-electron chi connectivity index (χ2n) is 5.33. The van der Waals surface area contributed by atoms with Gasteiger partial charge in [-0.25, -0.2) is 4.98 Å². The molecule has 0 aliphatic carbocycles. The number of aliphatic hydroxyl groups excluding tert-OH is 1.